The zero-order valence-electron chi connectivity index (χ0n) is 14.9. The van der Waals surface area contributed by atoms with Gasteiger partial charge in [-0.15, -0.1) is 0 Å². The summed E-state index contributed by atoms with van der Waals surface area (Å²) in [7, 11) is 0. The molecule has 0 saturated carbocycles. The molecular formula is C18H34N2O2. The lowest BCUT2D eigenvalue weighted by atomic mass is 9.93. The fourth-order valence-electron chi connectivity index (χ4n) is 2.79. The van der Waals surface area contributed by atoms with E-state index in [1.165, 1.54) is 32.1 Å². The molecule has 1 unspecified atom stereocenters. The van der Waals surface area contributed by atoms with Gasteiger partial charge in [0.1, 0.15) is 6.23 Å². The Morgan fingerprint density at radius 2 is 1.91 bits per heavy atom. The molecule has 4 nitrogen and oxygen atoms in total. The van der Waals surface area contributed by atoms with E-state index in [2.05, 4.69) is 18.8 Å². The summed E-state index contributed by atoms with van der Waals surface area (Å²) in [6.07, 6.45) is 10.0. The number of hydrogen-bond donors (Lipinski definition) is 0. The average Bonchev–Trinajstić information content (AvgIpc) is 2.62. The van der Waals surface area contributed by atoms with Crippen LogP contribution in [0.25, 0.3) is 0 Å². The minimum Gasteiger partial charge on any atom is -0.358 e. The molecule has 4 heteroatoms. The second-order valence-electron chi connectivity index (χ2n) is 6.76. The summed E-state index contributed by atoms with van der Waals surface area (Å²) in [5, 5.41) is 0. The maximum Gasteiger partial charge on any atom is 0.235 e. The van der Waals surface area contributed by atoms with Crippen molar-refractivity contribution >= 4 is 12.1 Å². The van der Waals surface area contributed by atoms with Gasteiger partial charge in [-0.2, -0.15) is 0 Å². The van der Waals surface area contributed by atoms with Gasteiger partial charge in [-0.1, -0.05) is 46.0 Å². The van der Waals surface area contributed by atoms with Crippen molar-refractivity contribution in [3.63, 3.8) is 0 Å². The summed E-state index contributed by atoms with van der Waals surface area (Å²) in [5.41, 5.74) is -0.520. The predicted molar refractivity (Wildman–Crippen MR) is 92.3 cm³/mol. The van der Waals surface area contributed by atoms with Crippen molar-refractivity contribution in [2.75, 3.05) is 19.7 Å². The Bertz CT molecular complexity index is 353. The van der Waals surface area contributed by atoms with Crippen molar-refractivity contribution in [2.24, 2.45) is 10.4 Å². The fourth-order valence-corrected chi connectivity index (χ4v) is 2.79. The van der Waals surface area contributed by atoms with E-state index >= 15 is 0 Å². The Morgan fingerprint density at radius 1 is 1.23 bits per heavy atom. The summed E-state index contributed by atoms with van der Waals surface area (Å²) in [5.74, 6) is 0.128. The Kier molecular flexibility index (Phi) is 8.69. The van der Waals surface area contributed by atoms with E-state index in [1.54, 1.807) is 6.21 Å². The van der Waals surface area contributed by atoms with Crippen LogP contribution in [0.2, 0.25) is 0 Å². The maximum atomic E-state index is 12.6. The maximum absolute atomic E-state index is 12.6. The van der Waals surface area contributed by atoms with E-state index < -0.39 is 5.41 Å². The molecule has 0 spiro atoms. The van der Waals surface area contributed by atoms with Crippen LogP contribution in [0.5, 0.6) is 0 Å². The average molecular weight is 310 g/mol. The smallest absolute Gasteiger partial charge is 0.235 e. The first-order valence-corrected chi connectivity index (χ1v) is 8.96. The van der Waals surface area contributed by atoms with E-state index in [-0.39, 0.29) is 12.1 Å². The molecule has 1 aliphatic rings. The Morgan fingerprint density at radius 3 is 2.59 bits per heavy atom. The number of unbranched alkanes of at least 4 members (excludes halogenated alkanes) is 5. The van der Waals surface area contributed by atoms with Gasteiger partial charge >= 0.3 is 0 Å². The number of carbonyl (C=O) groups excluding carboxylic acids is 1. The van der Waals surface area contributed by atoms with Crippen molar-refractivity contribution in [1.82, 2.24) is 4.90 Å². The van der Waals surface area contributed by atoms with Crippen molar-refractivity contribution in [3.05, 3.63) is 0 Å². The van der Waals surface area contributed by atoms with Gasteiger partial charge in [-0.05, 0) is 26.7 Å². The van der Waals surface area contributed by atoms with Crippen LogP contribution >= 0.6 is 0 Å². The molecule has 1 rings (SSSR count). The normalized spacial score (nSPS) is 19.3. The first-order valence-electron chi connectivity index (χ1n) is 8.96. The van der Waals surface area contributed by atoms with Gasteiger partial charge in [-0.3, -0.25) is 9.79 Å². The highest BCUT2D eigenvalue weighted by atomic mass is 16.5. The van der Waals surface area contributed by atoms with Crippen LogP contribution in [-0.2, 0) is 9.53 Å². The third-order valence-corrected chi connectivity index (χ3v) is 4.20. The van der Waals surface area contributed by atoms with Gasteiger partial charge < -0.3 is 9.64 Å². The minimum absolute atomic E-state index is 0.107. The third-order valence-electron chi connectivity index (χ3n) is 4.20. The second-order valence-corrected chi connectivity index (χ2v) is 6.76. The standard InChI is InChI=1S/C18H34N2O2/c1-5-7-8-9-10-11-14-22-16(6-2)20-13-12-19-15-18(3,4)17(20)21/h15-16H,5-14H2,1-4H3. The van der Waals surface area contributed by atoms with Gasteiger partial charge in [0.05, 0.1) is 12.0 Å². The molecule has 0 saturated heterocycles. The first kappa shape index (κ1) is 19.1. The highest BCUT2D eigenvalue weighted by Crippen LogP contribution is 2.22. The van der Waals surface area contributed by atoms with E-state index in [9.17, 15) is 4.79 Å². The number of aliphatic imine (C=N–C) groups is 1. The van der Waals surface area contributed by atoms with Crippen LogP contribution in [0.3, 0.4) is 0 Å². The molecule has 0 aromatic heterocycles. The second kappa shape index (κ2) is 9.98. The predicted octanol–water partition coefficient (Wildman–Crippen LogP) is 4.04. The van der Waals surface area contributed by atoms with Crippen molar-refractivity contribution < 1.29 is 9.53 Å². The summed E-state index contributed by atoms with van der Waals surface area (Å²) < 4.78 is 6.01. The van der Waals surface area contributed by atoms with Crippen molar-refractivity contribution in [3.8, 4) is 0 Å². The number of amides is 1. The Labute approximate surface area is 136 Å². The van der Waals surface area contributed by atoms with Crippen molar-refractivity contribution in [1.29, 1.82) is 0 Å². The zero-order valence-corrected chi connectivity index (χ0v) is 14.9. The summed E-state index contributed by atoms with van der Waals surface area (Å²) >= 11 is 0. The van der Waals surface area contributed by atoms with E-state index in [0.29, 0.717) is 13.1 Å². The molecule has 1 heterocycles. The van der Waals surface area contributed by atoms with Gasteiger partial charge in [0.2, 0.25) is 5.91 Å². The van der Waals surface area contributed by atoms with Gasteiger partial charge in [0.25, 0.3) is 0 Å². The number of carbonyl (C=O) groups is 1. The molecule has 1 aliphatic heterocycles. The monoisotopic (exact) mass is 310 g/mol. The lowest BCUT2D eigenvalue weighted by Crippen LogP contribution is -2.48. The van der Waals surface area contributed by atoms with Crippen LogP contribution in [0, 0.1) is 5.41 Å². The van der Waals surface area contributed by atoms with Gasteiger partial charge in [-0.25, -0.2) is 0 Å². The van der Waals surface area contributed by atoms with Crippen LogP contribution in [0.15, 0.2) is 4.99 Å². The highest BCUT2D eigenvalue weighted by molar-refractivity contribution is 5.98. The Hall–Kier alpha value is -0.900. The summed E-state index contributed by atoms with van der Waals surface area (Å²) in [4.78, 5) is 18.8. The lowest BCUT2D eigenvalue weighted by Gasteiger charge is -2.33. The molecule has 128 valence electrons. The topological polar surface area (TPSA) is 41.9 Å². The molecule has 0 fully saturated rings. The summed E-state index contributed by atoms with van der Waals surface area (Å²) in [6.45, 7) is 10.3. The lowest BCUT2D eigenvalue weighted by molar-refractivity contribution is -0.152. The largest absolute Gasteiger partial charge is 0.358 e. The molecule has 0 bridgehead atoms. The minimum atomic E-state index is -0.520. The van der Waals surface area contributed by atoms with E-state index in [4.69, 9.17) is 4.74 Å². The summed E-state index contributed by atoms with van der Waals surface area (Å²) in [6, 6.07) is 0. The van der Waals surface area contributed by atoms with Crippen LogP contribution in [0.1, 0.15) is 72.6 Å². The van der Waals surface area contributed by atoms with Crippen LogP contribution in [0.4, 0.5) is 0 Å². The first-order chi connectivity index (χ1) is 10.5. The molecule has 22 heavy (non-hydrogen) atoms. The molecule has 0 aromatic rings. The number of nitrogens with zero attached hydrogens (tertiary/aromatic N) is 2. The van der Waals surface area contributed by atoms with E-state index in [0.717, 1.165) is 19.4 Å². The molecular weight excluding hydrogens is 276 g/mol. The highest BCUT2D eigenvalue weighted by Gasteiger charge is 2.35. The zero-order chi connectivity index (χ0) is 16.4. The quantitative estimate of drug-likeness (QED) is 0.571. The Balaban J connectivity index is 2.38. The molecule has 1 amide bonds. The SMILES string of the molecule is CCCCCCCCOC(CC)N1CCN=CC(C)(C)C1=O. The van der Waals surface area contributed by atoms with Gasteiger partial charge in [0.15, 0.2) is 0 Å². The molecule has 0 radical (unpaired) electrons. The molecule has 0 aliphatic carbocycles. The number of hydrogen-bond acceptors (Lipinski definition) is 3. The molecule has 0 aromatic carbocycles. The van der Waals surface area contributed by atoms with Crippen LogP contribution in [-0.4, -0.2) is 42.9 Å². The van der Waals surface area contributed by atoms with Crippen molar-refractivity contribution in [2.45, 2.75) is 78.9 Å². The van der Waals surface area contributed by atoms with Gasteiger partial charge in [0, 0.05) is 19.4 Å². The van der Waals surface area contributed by atoms with Crippen LogP contribution < -0.4 is 0 Å². The van der Waals surface area contributed by atoms with E-state index in [1.807, 2.05) is 18.7 Å². The molecule has 1 atom stereocenters. The number of rotatable bonds is 10. The third kappa shape index (κ3) is 6.07. The fraction of sp³-hybridized carbons (Fsp3) is 0.889. The molecule has 0 N–H and O–H groups in total. The number of ether oxygens (including phenoxy) is 1.